The Balaban J connectivity index is 2.23. The van der Waals surface area contributed by atoms with E-state index in [1.807, 2.05) is 0 Å². The molecule has 0 spiro atoms. The van der Waals surface area contributed by atoms with Crippen molar-refractivity contribution >= 4 is 35.6 Å². The van der Waals surface area contributed by atoms with Crippen molar-refractivity contribution in [1.82, 2.24) is 15.0 Å². The third-order valence-electron chi connectivity index (χ3n) is 3.34. The highest BCUT2D eigenvalue weighted by molar-refractivity contribution is 9.10. The number of hydrogen-bond acceptors (Lipinski definition) is 3. The monoisotopic (exact) mass is 455 g/mol. The van der Waals surface area contributed by atoms with Gasteiger partial charge in [-0.05, 0) is 28.0 Å². The molecule has 0 radical (unpaired) electrons. The van der Waals surface area contributed by atoms with E-state index in [0.29, 0.717) is 10.5 Å². The summed E-state index contributed by atoms with van der Waals surface area (Å²) in [6.45, 7) is 6.28. The van der Waals surface area contributed by atoms with Crippen molar-refractivity contribution in [1.29, 1.82) is 0 Å². The standard InChI is InChI=1S/C15H18BrClF3N3OSi/c1-25(2,3)5-4-24-13(15(18,19)20)11-8-22-14(23-11)12-10(17)6-9(16)7-21-12/h6-8,13H,4-5H2,1-3H3,(H,22,23). The topological polar surface area (TPSA) is 50.8 Å². The highest BCUT2D eigenvalue weighted by Gasteiger charge is 2.43. The Morgan fingerprint density at radius 2 is 1.96 bits per heavy atom. The molecule has 2 aromatic heterocycles. The fraction of sp³-hybridized carbons (Fsp3) is 0.467. The Labute approximate surface area is 158 Å². The first-order valence-corrected chi connectivity index (χ1v) is 12.4. The number of nitrogens with one attached hydrogen (secondary N) is 1. The summed E-state index contributed by atoms with van der Waals surface area (Å²) in [5.41, 5.74) is 0.109. The molecule has 2 heterocycles. The SMILES string of the molecule is C[Si](C)(C)CCOC(c1cnc(-c2ncc(Br)cc2Cl)[nH]1)C(F)(F)F. The quantitative estimate of drug-likeness (QED) is 0.555. The maximum absolute atomic E-state index is 13.4. The zero-order valence-electron chi connectivity index (χ0n) is 13.9. The van der Waals surface area contributed by atoms with Crippen molar-refractivity contribution in [3.63, 3.8) is 0 Å². The largest absolute Gasteiger partial charge is 0.420 e. The lowest BCUT2D eigenvalue weighted by molar-refractivity contribution is -0.223. The average molecular weight is 457 g/mol. The van der Waals surface area contributed by atoms with Gasteiger partial charge >= 0.3 is 6.18 Å². The van der Waals surface area contributed by atoms with Crippen LogP contribution in [0.4, 0.5) is 13.2 Å². The third kappa shape index (κ3) is 5.80. The van der Waals surface area contributed by atoms with Crippen molar-refractivity contribution in [2.45, 2.75) is 38.0 Å². The zero-order chi connectivity index (χ0) is 18.8. The number of imidazole rings is 1. The van der Waals surface area contributed by atoms with E-state index in [2.05, 4.69) is 50.5 Å². The van der Waals surface area contributed by atoms with Crippen molar-refractivity contribution < 1.29 is 17.9 Å². The molecule has 0 aromatic carbocycles. The van der Waals surface area contributed by atoms with Crippen LogP contribution >= 0.6 is 27.5 Å². The van der Waals surface area contributed by atoms with Gasteiger partial charge in [0.1, 0.15) is 5.69 Å². The van der Waals surface area contributed by atoms with E-state index in [4.69, 9.17) is 16.3 Å². The molecule has 0 amide bonds. The molecule has 0 aliphatic carbocycles. The van der Waals surface area contributed by atoms with Crippen molar-refractivity contribution in [2.75, 3.05) is 6.61 Å². The van der Waals surface area contributed by atoms with Crippen LogP contribution in [0.2, 0.25) is 30.7 Å². The summed E-state index contributed by atoms with van der Waals surface area (Å²) in [7, 11) is -1.49. The predicted molar refractivity (Wildman–Crippen MR) is 97.4 cm³/mol. The number of hydrogen-bond donors (Lipinski definition) is 1. The Bertz CT molecular complexity index is 734. The van der Waals surface area contributed by atoms with Gasteiger partial charge < -0.3 is 9.72 Å². The molecule has 4 nitrogen and oxygen atoms in total. The summed E-state index contributed by atoms with van der Waals surface area (Å²) >= 11 is 9.30. The number of pyridine rings is 1. The Hall–Kier alpha value is -0.903. The number of rotatable bonds is 6. The lowest BCUT2D eigenvalue weighted by Gasteiger charge is -2.22. The first-order valence-electron chi connectivity index (χ1n) is 7.52. The van der Waals surface area contributed by atoms with Gasteiger partial charge in [0, 0.05) is 25.4 Å². The molecule has 10 heteroatoms. The molecule has 25 heavy (non-hydrogen) atoms. The molecule has 1 atom stereocenters. The van der Waals surface area contributed by atoms with Crippen LogP contribution in [0.5, 0.6) is 0 Å². The van der Waals surface area contributed by atoms with Gasteiger partial charge in [0.2, 0.25) is 0 Å². The molecule has 1 N–H and O–H groups in total. The number of alkyl halides is 3. The zero-order valence-corrected chi connectivity index (χ0v) is 17.3. The number of halogens is 5. The molecule has 138 valence electrons. The van der Waals surface area contributed by atoms with Gasteiger partial charge in [0.05, 0.1) is 16.9 Å². The molecule has 2 aromatic rings. The molecule has 0 saturated heterocycles. The van der Waals surface area contributed by atoms with Gasteiger partial charge in [-0.15, -0.1) is 0 Å². The molecule has 1 unspecified atom stereocenters. The maximum atomic E-state index is 13.4. The van der Waals surface area contributed by atoms with Crippen LogP contribution in [0.15, 0.2) is 22.9 Å². The van der Waals surface area contributed by atoms with Crippen molar-refractivity contribution in [3.8, 4) is 11.5 Å². The van der Waals surface area contributed by atoms with Crippen molar-refractivity contribution in [3.05, 3.63) is 33.6 Å². The Morgan fingerprint density at radius 3 is 2.52 bits per heavy atom. The lowest BCUT2D eigenvalue weighted by Crippen LogP contribution is -2.27. The molecule has 0 bridgehead atoms. The van der Waals surface area contributed by atoms with Crippen LogP contribution < -0.4 is 0 Å². The number of aromatic nitrogens is 3. The first-order chi connectivity index (χ1) is 11.5. The maximum Gasteiger partial charge on any atom is 0.420 e. The summed E-state index contributed by atoms with van der Waals surface area (Å²) in [6.07, 6.45) is -3.99. The number of ether oxygens (including phenoxy) is 1. The summed E-state index contributed by atoms with van der Waals surface area (Å²) in [4.78, 5) is 10.7. The number of H-pyrrole nitrogens is 1. The van der Waals surface area contributed by atoms with Gasteiger partial charge in [0.25, 0.3) is 0 Å². The molecular formula is C15H18BrClF3N3OSi. The molecule has 0 saturated carbocycles. The molecular weight excluding hydrogens is 439 g/mol. The van der Waals surface area contributed by atoms with Gasteiger partial charge in [-0.1, -0.05) is 31.2 Å². The smallest absolute Gasteiger partial charge is 0.363 e. The van der Waals surface area contributed by atoms with Crippen LogP contribution in [0, 0.1) is 0 Å². The average Bonchev–Trinajstić information content (AvgIpc) is 2.90. The van der Waals surface area contributed by atoms with Gasteiger partial charge in [0.15, 0.2) is 11.9 Å². The van der Waals surface area contributed by atoms with Crippen molar-refractivity contribution in [2.24, 2.45) is 0 Å². The Kier molecular flexibility index (Phi) is 6.34. The second-order valence-electron chi connectivity index (χ2n) is 6.77. The van der Waals surface area contributed by atoms with Crippen LogP contribution in [-0.4, -0.2) is 35.8 Å². The minimum Gasteiger partial charge on any atom is -0.363 e. The summed E-state index contributed by atoms with van der Waals surface area (Å²) in [6, 6.07) is 2.23. The second kappa shape index (κ2) is 7.77. The van der Waals surface area contributed by atoms with E-state index >= 15 is 0 Å². The van der Waals surface area contributed by atoms with E-state index in [1.54, 1.807) is 6.07 Å². The highest BCUT2D eigenvalue weighted by Crippen LogP contribution is 2.36. The van der Waals surface area contributed by atoms with E-state index in [-0.39, 0.29) is 28.8 Å². The molecule has 0 fully saturated rings. The second-order valence-corrected chi connectivity index (χ2v) is 13.7. The normalized spacial score (nSPS) is 13.9. The molecule has 0 aliphatic heterocycles. The minimum atomic E-state index is -4.54. The van der Waals surface area contributed by atoms with Gasteiger partial charge in [-0.25, -0.2) is 4.98 Å². The summed E-state index contributed by atoms with van der Waals surface area (Å²) < 4.78 is 45.9. The highest BCUT2D eigenvalue weighted by atomic mass is 79.9. The number of aromatic amines is 1. The van der Waals surface area contributed by atoms with E-state index in [9.17, 15) is 13.2 Å². The first kappa shape index (κ1) is 20.4. The van der Waals surface area contributed by atoms with Gasteiger partial charge in [-0.3, -0.25) is 4.98 Å². The summed E-state index contributed by atoms with van der Waals surface area (Å²) in [5, 5.41) is 0.276. The predicted octanol–water partition coefficient (Wildman–Crippen LogP) is 5.85. The fourth-order valence-electron chi connectivity index (χ4n) is 2.02. The van der Waals surface area contributed by atoms with E-state index < -0.39 is 20.4 Å². The van der Waals surface area contributed by atoms with Crippen LogP contribution in [0.25, 0.3) is 11.5 Å². The van der Waals surface area contributed by atoms with Crippen LogP contribution in [-0.2, 0) is 4.74 Å². The molecule has 2 rings (SSSR count). The van der Waals surface area contributed by atoms with E-state index in [0.717, 1.165) is 6.20 Å². The van der Waals surface area contributed by atoms with E-state index in [1.165, 1.54) is 6.20 Å². The summed E-state index contributed by atoms with van der Waals surface area (Å²) in [5.74, 6) is 0.163. The minimum absolute atomic E-state index is 0.0472. The fourth-order valence-corrected chi connectivity index (χ4v) is 3.47. The number of nitrogens with zero attached hydrogens (tertiary/aromatic N) is 2. The molecule has 0 aliphatic rings. The van der Waals surface area contributed by atoms with Crippen LogP contribution in [0.3, 0.4) is 0 Å². The lowest BCUT2D eigenvalue weighted by atomic mass is 10.2. The van der Waals surface area contributed by atoms with Gasteiger partial charge in [-0.2, -0.15) is 13.2 Å². The van der Waals surface area contributed by atoms with Crippen LogP contribution in [0.1, 0.15) is 11.8 Å². The third-order valence-corrected chi connectivity index (χ3v) is 5.77. The Morgan fingerprint density at radius 1 is 1.28 bits per heavy atom.